The lowest BCUT2D eigenvalue weighted by Gasteiger charge is -2.08. The molecule has 8 heteroatoms. The molecule has 0 amide bonds. The normalized spacial score (nSPS) is 11.6. The minimum absolute atomic E-state index is 0.163. The highest BCUT2D eigenvalue weighted by Crippen LogP contribution is 2.27. The molecule has 2 N–H and O–H groups in total. The predicted molar refractivity (Wildman–Crippen MR) is 80.7 cm³/mol. The smallest absolute Gasteiger partial charge is 0.264 e. The van der Waals surface area contributed by atoms with Gasteiger partial charge in [-0.15, -0.1) is 0 Å². The molecule has 0 aliphatic rings. The van der Waals surface area contributed by atoms with Gasteiger partial charge >= 0.3 is 0 Å². The van der Waals surface area contributed by atoms with Crippen LogP contribution in [0.2, 0.25) is 0 Å². The van der Waals surface area contributed by atoms with Crippen LogP contribution in [-0.2, 0) is 10.0 Å². The highest BCUT2D eigenvalue weighted by atomic mass is 79.9. The highest BCUT2D eigenvalue weighted by molar-refractivity contribution is 9.11. The third-order valence-corrected chi connectivity index (χ3v) is 5.48. The van der Waals surface area contributed by atoms with Gasteiger partial charge < -0.3 is 0 Å². The van der Waals surface area contributed by atoms with Crippen molar-refractivity contribution in [2.45, 2.75) is 18.7 Å². The Morgan fingerprint density at radius 1 is 1.26 bits per heavy atom. The molecule has 0 saturated heterocycles. The van der Waals surface area contributed by atoms with Crippen molar-refractivity contribution >= 4 is 47.7 Å². The third-order valence-electron chi connectivity index (χ3n) is 2.67. The zero-order valence-electron chi connectivity index (χ0n) is 10.2. The molecule has 2 aromatic rings. The van der Waals surface area contributed by atoms with Gasteiger partial charge in [0.05, 0.1) is 0 Å². The fourth-order valence-corrected chi connectivity index (χ4v) is 4.27. The molecule has 0 aliphatic heterocycles. The summed E-state index contributed by atoms with van der Waals surface area (Å²) in [6.07, 6.45) is 0. The number of H-pyrrole nitrogens is 1. The number of anilines is 1. The highest BCUT2D eigenvalue weighted by Gasteiger charge is 2.20. The van der Waals surface area contributed by atoms with Gasteiger partial charge in [-0.1, -0.05) is 15.9 Å². The van der Waals surface area contributed by atoms with E-state index in [1.807, 2.05) is 6.92 Å². The zero-order chi connectivity index (χ0) is 14.2. The topological polar surface area (TPSA) is 74.8 Å². The summed E-state index contributed by atoms with van der Waals surface area (Å²) in [6, 6.07) is 4.87. The molecule has 0 bridgehead atoms. The van der Waals surface area contributed by atoms with Crippen LogP contribution in [0, 0.1) is 13.8 Å². The van der Waals surface area contributed by atoms with Gasteiger partial charge in [-0.25, -0.2) is 8.42 Å². The lowest BCUT2D eigenvalue weighted by Crippen LogP contribution is -2.14. The van der Waals surface area contributed by atoms with Crippen LogP contribution in [0.25, 0.3) is 0 Å². The number of sulfonamides is 1. The van der Waals surface area contributed by atoms with Crippen molar-refractivity contribution in [1.29, 1.82) is 0 Å². The summed E-state index contributed by atoms with van der Waals surface area (Å²) in [5.41, 5.74) is 1.60. The van der Waals surface area contributed by atoms with Gasteiger partial charge in [-0.2, -0.15) is 5.10 Å². The minimum Gasteiger partial charge on any atom is -0.280 e. The number of nitrogens with zero attached hydrogens (tertiary/aromatic N) is 1. The molecule has 0 radical (unpaired) electrons. The van der Waals surface area contributed by atoms with Crippen LogP contribution in [0.15, 0.2) is 32.0 Å². The summed E-state index contributed by atoms with van der Waals surface area (Å²) in [5.74, 6) is 0.312. The number of hydrogen-bond donors (Lipinski definition) is 2. The SMILES string of the molecule is Cc1[nH]nc(NS(=O)(=O)c2ccc(Br)cc2Br)c1C. The van der Waals surface area contributed by atoms with Crippen molar-refractivity contribution in [3.05, 3.63) is 38.4 Å². The lowest BCUT2D eigenvalue weighted by atomic mass is 10.3. The van der Waals surface area contributed by atoms with Crippen molar-refractivity contribution in [3.8, 4) is 0 Å². The molecule has 1 aromatic heterocycles. The first-order valence-corrected chi connectivity index (χ1v) is 8.37. The Morgan fingerprint density at radius 3 is 2.47 bits per heavy atom. The second-order valence-electron chi connectivity index (χ2n) is 4.00. The molecule has 102 valence electrons. The van der Waals surface area contributed by atoms with E-state index >= 15 is 0 Å². The fourth-order valence-electron chi connectivity index (χ4n) is 1.46. The quantitative estimate of drug-likeness (QED) is 0.817. The summed E-state index contributed by atoms with van der Waals surface area (Å²) in [5, 5.41) is 6.67. The summed E-state index contributed by atoms with van der Waals surface area (Å²) >= 11 is 6.52. The number of aryl methyl sites for hydroxylation is 1. The second-order valence-corrected chi connectivity index (χ2v) is 7.42. The van der Waals surface area contributed by atoms with E-state index in [2.05, 4.69) is 46.8 Å². The standard InChI is InChI=1S/C11H11Br2N3O2S/c1-6-7(2)14-15-11(6)16-19(17,18)10-4-3-8(12)5-9(10)13/h3-5H,1-2H3,(H2,14,15,16). The Labute approximate surface area is 128 Å². The summed E-state index contributed by atoms with van der Waals surface area (Å²) in [6.45, 7) is 3.63. The number of hydrogen-bond acceptors (Lipinski definition) is 3. The number of nitrogens with one attached hydrogen (secondary N) is 2. The Morgan fingerprint density at radius 2 is 1.95 bits per heavy atom. The molecule has 0 unspecified atom stereocenters. The van der Waals surface area contributed by atoms with Crippen molar-refractivity contribution in [2.24, 2.45) is 0 Å². The Kier molecular flexibility index (Phi) is 4.03. The van der Waals surface area contributed by atoms with E-state index in [-0.39, 0.29) is 4.90 Å². The van der Waals surface area contributed by atoms with Gasteiger partial charge in [0.1, 0.15) is 4.90 Å². The van der Waals surface area contributed by atoms with Gasteiger partial charge in [0.2, 0.25) is 0 Å². The van der Waals surface area contributed by atoms with Gasteiger partial charge in [-0.3, -0.25) is 9.82 Å². The Hall–Kier alpha value is -0.860. The molecule has 1 heterocycles. The van der Waals surface area contributed by atoms with Crippen molar-refractivity contribution < 1.29 is 8.42 Å². The zero-order valence-corrected chi connectivity index (χ0v) is 14.1. The Balaban J connectivity index is 2.41. The first kappa shape index (κ1) is 14.5. The number of rotatable bonds is 3. The molecule has 0 atom stereocenters. The minimum atomic E-state index is -3.67. The van der Waals surface area contributed by atoms with Crippen LogP contribution in [0.5, 0.6) is 0 Å². The van der Waals surface area contributed by atoms with Gasteiger partial charge in [-0.05, 0) is 48.0 Å². The fraction of sp³-hybridized carbons (Fsp3) is 0.182. The van der Waals surface area contributed by atoms with Crippen molar-refractivity contribution in [1.82, 2.24) is 10.2 Å². The van der Waals surface area contributed by atoms with E-state index in [4.69, 9.17) is 0 Å². The summed E-state index contributed by atoms with van der Waals surface area (Å²) in [4.78, 5) is 0.163. The maximum Gasteiger partial charge on any atom is 0.264 e. The van der Waals surface area contributed by atoms with Crippen molar-refractivity contribution in [2.75, 3.05) is 4.72 Å². The Bertz CT molecular complexity index is 726. The van der Waals surface area contributed by atoms with Gasteiger partial charge in [0, 0.05) is 20.2 Å². The molecular formula is C11H11Br2N3O2S. The van der Waals surface area contributed by atoms with Crippen LogP contribution in [-0.4, -0.2) is 18.6 Å². The maximum absolute atomic E-state index is 12.3. The van der Waals surface area contributed by atoms with Gasteiger partial charge in [0.25, 0.3) is 10.0 Å². The largest absolute Gasteiger partial charge is 0.280 e. The van der Waals surface area contributed by atoms with E-state index in [1.54, 1.807) is 19.1 Å². The van der Waals surface area contributed by atoms with Crippen LogP contribution in [0.3, 0.4) is 0 Å². The van der Waals surface area contributed by atoms with E-state index in [1.165, 1.54) is 6.07 Å². The number of aromatic nitrogens is 2. The number of halogens is 2. The molecular weight excluding hydrogens is 398 g/mol. The lowest BCUT2D eigenvalue weighted by molar-refractivity contribution is 0.600. The van der Waals surface area contributed by atoms with Crippen LogP contribution >= 0.6 is 31.9 Å². The van der Waals surface area contributed by atoms with Crippen LogP contribution < -0.4 is 4.72 Å². The molecule has 1 aromatic carbocycles. The number of aromatic amines is 1. The second kappa shape index (κ2) is 5.26. The molecule has 0 fully saturated rings. The first-order chi connectivity index (χ1) is 8.81. The average molecular weight is 409 g/mol. The van der Waals surface area contributed by atoms with Gasteiger partial charge in [0.15, 0.2) is 5.82 Å². The molecule has 0 saturated carbocycles. The molecule has 0 aliphatic carbocycles. The molecule has 2 rings (SSSR count). The predicted octanol–water partition coefficient (Wildman–Crippen LogP) is 3.35. The average Bonchev–Trinajstić information content (AvgIpc) is 2.60. The maximum atomic E-state index is 12.3. The molecule has 5 nitrogen and oxygen atoms in total. The van der Waals surface area contributed by atoms with E-state index in [9.17, 15) is 8.42 Å². The van der Waals surface area contributed by atoms with Crippen LogP contribution in [0.4, 0.5) is 5.82 Å². The first-order valence-electron chi connectivity index (χ1n) is 5.30. The van der Waals surface area contributed by atoms with Crippen molar-refractivity contribution in [3.63, 3.8) is 0 Å². The van der Waals surface area contributed by atoms with E-state index in [0.717, 1.165) is 15.7 Å². The summed E-state index contributed by atoms with van der Waals surface area (Å²) in [7, 11) is -3.67. The monoisotopic (exact) mass is 407 g/mol. The van der Waals surface area contributed by atoms with E-state index in [0.29, 0.717) is 10.3 Å². The van der Waals surface area contributed by atoms with E-state index < -0.39 is 10.0 Å². The number of benzene rings is 1. The summed E-state index contributed by atoms with van der Waals surface area (Å²) < 4.78 is 28.3. The molecule has 19 heavy (non-hydrogen) atoms. The van der Waals surface area contributed by atoms with Crippen LogP contribution in [0.1, 0.15) is 11.3 Å². The third kappa shape index (κ3) is 3.01. The molecule has 0 spiro atoms.